The summed E-state index contributed by atoms with van der Waals surface area (Å²) in [6.07, 6.45) is 4.61. The van der Waals surface area contributed by atoms with E-state index in [2.05, 4.69) is 21.2 Å². The molecular formula is C22H24BrCl2N3O2. The van der Waals surface area contributed by atoms with Crippen molar-refractivity contribution in [2.24, 2.45) is 13.0 Å². The van der Waals surface area contributed by atoms with E-state index >= 15 is 0 Å². The van der Waals surface area contributed by atoms with Crippen LogP contribution in [-0.4, -0.2) is 34.5 Å². The number of nitrogens with zero attached hydrogens (tertiary/aromatic N) is 2. The van der Waals surface area contributed by atoms with Crippen molar-refractivity contribution in [3.8, 4) is 0 Å². The summed E-state index contributed by atoms with van der Waals surface area (Å²) >= 11 is 16.2. The van der Waals surface area contributed by atoms with Crippen LogP contribution in [0.1, 0.15) is 36.3 Å². The Morgan fingerprint density at radius 1 is 1.27 bits per heavy atom. The fourth-order valence-corrected chi connectivity index (χ4v) is 5.25. The molecule has 1 saturated heterocycles. The molecule has 30 heavy (non-hydrogen) atoms. The van der Waals surface area contributed by atoms with Gasteiger partial charge in [-0.1, -0.05) is 39.1 Å². The van der Waals surface area contributed by atoms with E-state index in [1.165, 1.54) is 0 Å². The maximum absolute atomic E-state index is 13.7. The zero-order chi connectivity index (χ0) is 21.4. The van der Waals surface area contributed by atoms with E-state index in [-0.39, 0.29) is 29.3 Å². The summed E-state index contributed by atoms with van der Waals surface area (Å²) in [6, 6.07) is 7.55. The zero-order valence-corrected chi connectivity index (χ0v) is 19.8. The minimum Gasteiger partial charge on any atom is -0.335 e. The standard InChI is InChI=1S/C22H24BrCl2N3O2/c1-27-7-5-13(9-20(27)29)17-4-6-26-11-18(17)22(30)28(16-2-3-16)12-14-8-15(23)10-19(24)21(14)25/h5,7-10,16-18,26H,2-4,6,11-12H2,1H3. The molecule has 1 N–H and O–H groups in total. The highest BCUT2D eigenvalue weighted by Crippen LogP contribution is 2.38. The number of aryl methyl sites for hydroxylation is 1. The topological polar surface area (TPSA) is 54.3 Å². The predicted octanol–water partition coefficient (Wildman–Crippen LogP) is 4.34. The quantitative estimate of drug-likeness (QED) is 0.606. The summed E-state index contributed by atoms with van der Waals surface area (Å²) in [5.41, 5.74) is 1.73. The van der Waals surface area contributed by atoms with Gasteiger partial charge in [0.2, 0.25) is 5.91 Å². The molecule has 1 aliphatic carbocycles. The molecule has 0 radical (unpaired) electrons. The van der Waals surface area contributed by atoms with Crippen molar-refractivity contribution in [1.82, 2.24) is 14.8 Å². The molecule has 2 fully saturated rings. The van der Waals surface area contributed by atoms with Crippen molar-refractivity contribution in [2.75, 3.05) is 13.1 Å². The normalized spacial score (nSPS) is 21.5. The molecule has 2 aliphatic rings. The summed E-state index contributed by atoms with van der Waals surface area (Å²) in [5, 5.41) is 4.33. The SMILES string of the molecule is Cn1ccc(C2CCNCC2C(=O)N(Cc2cc(Br)cc(Cl)c2Cl)C2CC2)cc1=O. The van der Waals surface area contributed by atoms with E-state index in [1.54, 1.807) is 29.9 Å². The number of carbonyl (C=O) groups excluding carboxylic acids is 1. The molecule has 0 spiro atoms. The molecule has 2 aromatic rings. The van der Waals surface area contributed by atoms with Crippen molar-refractivity contribution in [2.45, 2.75) is 37.8 Å². The van der Waals surface area contributed by atoms with E-state index in [4.69, 9.17) is 23.2 Å². The van der Waals surface area contributed by atoms with Gasteiger partial charge in [-0.25, -0.2) is 0 Å². The number of aromatic nitrogens is 1. The number of hydrogen-bond acceptors (Lipinski definition) is 3. The van der Waals surface area contributed by atoms with Crippen LogP contribution >= 0.6 is 39.1 Å². The molecule has 5 nitrogen and oxygen atoms in total. The zero-order valence-electron chi connectivity index (χ0n) is 16.7. The average molecular weight is 513 g/mol. The van der Waals surface area contributed by atoms with Crippen LogP contribution in [-0.2, 0) is 18.4 Å². The van der Waals surface area contributed by atoms with Gasteiger partial charge in [0.15, 0.2) is 0 Å². The van der Waals surface area contributed by atoms with Crippen LogP contribution in [0.5, 0.6) is 0 Å². The van der Waals surface area contributed by atoms with Crippen molar-refractivity contribution in [1.29, 1.82) is 0 Å². The van der Waals surface area contributed by atoms with Crippen LogP contribution in [0.25, 0.3) is 0 Å². The lowest BCUT2D eigenvalue weighted by atomic mass is 9.80. The summed E-state index contributed by atoms with van der Waals surface area (Å²) in [4.78, 5) is 27.8. The number of rotatable bonds is 5. The largest absolute Gasteiger partial charge is 0.335 e. The maximum atomic E-state index is 13.7. The van der Waals surface area contributed by atoms with Crippen LogP contribution in [0.2, 0.25) is 10.0 Å². The van der Waals surface area contributed by atoms with E-state index in [0.717, 1.165) is 41.4 Å². The van der Waals surface area contributed by atoms with E-state index in [1.807, 2.05) is 17.0 Å². The molecule has 2 unspecified atom stereocenters. The first-order chi connectivity index (χ1) is 14.3. The highest BCUT2D eigenvalue weighted by molar-refractivity contribution is 9.10. The lowest BCUT2D eigenvalue weighted by molar-refractivity contribution is -0.138. The Morgan fingerprint density at radius 2 is 2.03 bits per heavy atom. The highest BCUT2D eigenvalue weighted by atomic mass is 79.9. The van der Waals surface area contributed by atoms with E-state index < -0.39 is 0 Å². The van der Waals surface area contributed by atoms with Crippen LogP contribution in [0.4, 0.5) is 0 Å². The van der Waals surface area contributed by atoms with Gasteiger partial charge >= 0.3 is 0 Å². The van der Waals surface area contributed by atoms with Crippen molar-refractivity contribution in [3.63, 3.8) is 0 Å². The van der Waals surface area contributed by atoms with Crippen molar-refractivity contribution >= 4 is 45.0 Å². The van der Waals surface area contributed by atoms with Gasteiger partial charge in [0.05, 0.1) is 16.0 Å². The van der Waals surface area contributed by atoms with Gasteiger partial charge in [0, 0.05) is 42.9 Å². The average Bonchev–Trinajstić information content (AvgIpc) is 3.56. The second kappa shape index (κ2) is 9.03. The Bertz CT molecular complexity index is 1020. The number of hydrogen-bond donors (Lipinski definition) is 1. The monoisotopic (exact) mass is 511 g/mol. The molecule has 1 aromatic heterocycles. The van der Waals surface area contributed by atoms with Gasteiger partial charge in [-0.2, -0.15) is 0 Å². The molecule has 1 amide bonds. The Kier molecular flexibility index (Phi) is 6.58. The lowest BCUT2D eigenvalue weighted by Crippen LogP contribution is -2.47. The molecule has 160 valence electrons. The summed E-state index contributed by atoms with van der Waals surface area (Å²) in [7, 11) is 1.73. The van der Waals surface area contributed by atoms with Crippen LogP contribution < -0.4 is 10.9 Å². The van der Waals surface area contributed by atoms with Crippen molar-refractivity contribution < 1.29 is 4.79 Å². The molecular weight excluding hydrogens is 489 g/mol. The van der Waals surface area contributed by atoms with Gasteiger partial charge in [-0.05, 0) is 61.1 Å². The van der Waals surface area contributed by atoms with Crippen LogP contribution in [0, 0.1) is 5.92 Å². The first-order valence-electron chi connectivity index (χ1n) is 10.2. The smallest absolute Gasteiger partial charge is 0.250 e. The van der Waals surface area contributed by atoms with Crippen LogP contribution in [0.15, 0.2) is 39.7 Å². The second-order valence-corrected chi connectivity index (χ2v) is 9.87. The van der Waals surface area contributed by atoms with Gasteiger partial charge in [-0.3, -0.25) is 9.59 Å². The Morgan fingerprint density at radius 3 is 2.73 bits per heavy atom. The molecule has 1 aromatic carbocycles. The molecule has 4 rings (SSSR count). The third-order valence-electron chi connectivity index (χ3n) is 6.04. The third-order valence-corrected chi connectivity index (χ3v) is 7.33. The summed E-state index contributed by atoms with van der Waals surface area (Å²) < 4.78 is 2.39. The Balaban J connectivity index is 1.62. The maximum Gasteiger partial charge on any atom is 0.250 e. The van der Waals surface area contributed by atoms with E-state index in [0.29, 0.717) is 23.1 Å². The molecule has 2 heterocycles. The fraction of sp³-hybridized carbons (Fsp3) is 0.455. The number of nitrogens with one attached hydrogen (secondary N) is 1. The minimum absolute atomic E-state index is 0.0236. The molecule has 1 saturated carbocycles. The molecule has 2 atom stereocenters. The number of piperidine rings is 1. The first-order valence-corrected chi connectivity index (χ1v) is 11.7. The Hall–Kier alpha value is -1.34. The predicted molar refractivity (Wildman–Crippen MR) is 123 cm³/mol. The fourth-order valence-electron chi connectivity index (χ4n) is 4.21. The molecule has 1 aliphatic heterocycles. The first kappa shape index (κ1) is 21.9. The highest BCUT2D eigenvalue weighted by Gasteiger charge is 2.40. The third kappa shape index (κ3) is 4.62. The molecule has 8 heteroatoms. The number of pyridine rings is 1. The lowest BCUT2D eigenvalue weighted by Gasteiger charge is -2.36. The number of amides is 1. The Labute approximate surface area is 194 Å². The van der Waals surface area contributed by atoms with Gasteiger partial charge in [0.25, 0.3) is 5.56 Å². The minimum atomic E-state index is -0.215. The second-order valence-electron chi connectivity index (χ2n) is 8.17. The summed E-state index contributed by atoms with van der Waals surface area (Å²) in [5.74, 6) is -0.0779. The van der Waals surface area contributed by atoms with Gasteiger partial charge < -0.3 is 14.8 Å². The van der Waals surface area contributed by atoms with Gasteiger partial charge in [-0.15, -0.1) is 0 Å². The van der Waals surface area contributed by atoms with Crippen LogP contribution in [0.3, 0.4) is 0 Å². The summed E-state index contributed by atoms with van der Waals surface area (Å²) in [6.45, 7) is 1.87. The van der Waals surface area contributed by atoms with E-state index in [9.17, 15) is 9.59 Å². The number of benzene rings is 1. The number of carbonyl (C=O) groups is 1. The number of halogens is 3. The molecule has 0 bridgehead atoms. The van der Waals surface area contributed by atoms with Gasteiger partial charge in [0.1, 0.15) is 0 Å². The van der Waals surface area contributed by atoms with Crippen molar-refractivity contribution in [3.05, 3.63) is 66.5 Å².